The Morgan fingerprint density at radius 2 is 2.06 bits per heavy atom. The molecule has 0 saturated heterocycles. The van der Waals surface area contributed by atoms with Gasteiger partial charge in [0, 0.05) is 18.2 Å². The number of nitrogens with one attached hydrogen (secondary N) is 1. The maximum absolute atomic E-state index is 6.07. The van der Waals surface area contributed by atoms with Crippen LogP contribution in [0.5, 0.6) is 0 Å². The van der Waals surface area contributed by atoms with Crippen molar-refractivity contribution in [1.82, 2.24) is 15.5 Å². The van der Waals surface area contributed by atoms with Crippen molar-refractivity contribution in [3.8, 4) is 10.6 Å². The van der Waals surface area contributed by atoms with E-state index < -0.39 is 0 Å². The van der Waals surface area contributed by atoms with Gasteiger partial charge in [-0.2, -0.15) is 0 Å². The van der Waals surface area contributed by atoms with E-state index in [2.05, 4.69) is 29.4 Å². The Labute approximate surface area is 118 Å². The Morgan fingerprint density at radius 1 is 1.29 bits per heavy atom. The van der Waals surface area contributed by atoms with Crippen molar-refractivity contribution in [3.05, 3.63) is 19.7 Å². The maximum atomic E-state index is 6.07. The molecule has 0 bridgehead atoms. The SMILES string of the molecule is CC(C)NCc1nnc(-c2cc(Cl)sc2Cl)s1. The van der Waals surface area contributed by atoms with Gasteiger partial charge in [-0.15, -0.1) is 21.5 Å². The third-order valence-corrected chi connectivity index (χ3v) is 4.46. The van der Waals surface area contributed by atoms with E-state index in [1.165, 1.54) is 22.7 Å². The van der Waals surface area contributed by atoms with Gasteiger partial charge in [0.05, 0.1) is 4.34 Å². The first-order chi connectivity index (χ1) is 8.06. The average Bonchev–Trinajstić information content (AvgIpc) is 2.82. The molecule has 3 nitrogen and oxygen atoms in total. The average molecular weight is 308 g/mol. The van der Waals surface area contributed by atoms with Crippen LogP contribution in [-0.2, 0) is 6.54 Å². The van der Waals surface area contributed by atoms with Crippen molar-refractivity contribution in [2.45, 2.75) is 26.4 Å². The second kappa shape index (κ2) is 5.63. The summed E-state index contributed by atoms with van der Waals surface area (Å²) in [6.45, 7) is 4.92. The van der Waals surface area contributed by atoms with Crippen molar-refractivity contribution >= 4 is 45.9 Å². The minimum absolute atomic E-state index is 0.432. The summed E-state index contributed by atoms with van der Waals surface area (Å²) < 4.78 is 1.33. The molecule has 0 aliphatic carbocycles. The first-order valence-corrected chi connectivity index (χ1v) is 7.46. The summed E-state index contributed by atoms with van der Waals surface area (Å²) in [4.78, 5) is 0. The topological polar surface area (TPSA) is 37.8 Å². The van der Waals surface area contributed by atoms with Crippen molar-refractivity contribution in [2.24, 2.45) is 0 Å². The van der Waals surface area contributed by atoms with Crippen LogP contribution in [0.2, 0.25) is 8.67 Å². The summed E-state index contributed by atoms with van der Waals surface area (Å²) in [6, 6.07) is 2.26. The van der Waals surface area contributed by atoms with Crippen LogP contribution < -0.4 is 5.32 Å². The van der Waals surface area contributed by atoms with Crippen molar-refractivity contribution in [2.75, 3.05) is 0 Å². The number of hydrogen-bond acceptors (Lipinski definition) is 5. The van der Waals surface area contributed by atoms with E-state index in [-0.39, 0.29) is 0 Å². The predicted molar refractivity (Wildman–Crippen MR) is 75.2 cm³/mol. The lowest BCUT2D eigenvalue weighted by Crippen LogP contribution is -2.21. The van der Waals surface area contributed by atoms with E-state index in [0.29, 0.717) is 14.7 Å². The van der Waals surface area contributed by atoms with Crippen molar-refractivity contribution < 1.29 is 0 Å². The van der Waals surface area contributed by atoms with Crippen LogP contribution in [-0.4, -0.2) is 16.2 Å². The molecule has 2 rings (SSSR count). The van der Waals surface area contributed by atoms with Crippen LogP contribution in [0.3, 0.4) is 0 Å². The zero-order valence-electron chi connectivity index (χ0n) is 9.33. The van der Waals surface area contributed by atoms with Crippen molar-refractivity contribution in [3.63, 3.8) is 0 Å². The molecule has 2 aromatic rings. The van der Waals surface area contributed by atoms with Gasteiger partial charge < -0.3 is 5.32 Å². The van der Waals surface area contributed by atoms with Crippen LogP contribution in [0.25, 0.3) is 10.6 Å². The van der Waals surface area contributed by atoms with E-state index in [1.54, 1.807) is 0 Å². The van der Waals surface area contributed by atoms with E-state index in [0.717, 1.165) is 22.1 Å². The van der Waals surface area contributed by atoms with Gasteiger partial charge >= 0.3 is 0 Å². The first-order valence-electron chi connectivity index (χ1n) is 5.07. The summed E-state index contributed by atoms with van der Waals surface area (Å²) in [5.41, 5.74) is 0.870. The van der Waals surface area contributed by atoms with E-state index in [1.807, 2.05) is 6.07 Å². The summed E-state index contributed by atoms with van der Waals surface area (Å²) in [5.74, 6) is 0. The molecule has 92 valence electrons. The molecule has 2 aromatic heterocycles. The lowest BCUT2D eigenvalue weighted by atomic mass is 10.4. The highest BCUT2D eigenvalue weighted by atomic mass is 35.5. The number of aromatic nitrogens is 2. The third kappa shape index (κ3) is 3.39. The molecule has 0 aliphatic rings. The van der Waals surface area contributed by atoms with Gasteiger partial charge in [0.25, 0.3) is 0 Å². The van der Waals surface area contributed by atoms with Gasteiger partial charge in [0.2, 0.25) is 0 Å². The number of hydrogen-bond donors (Lipinski definition) is 1. The quantitative estimate of drug-likeness (QED) is 0.925. The molecule has 17 heavy (non-hydrogen) atoms. The fourth-order valence-electron chi connectivity index (χ4n) is 1.21. The minimum Gasteiger partial charge on any atom is -0.308 e. The van der Waals surface area contributed by atoms with Crippen LogP contribution in [0, 0.1) is 0 Å². The number of halogens is 2. The molecular formula is C10H11Cl2N3S2. The Bertz CT molecular complexity index is 507. The van der Waals surface area contributed by atoms with Crippen LogP contribution in [0.15, 0.2) is 6.07 Å². The number of nitrogens with zero attached hydrogens (tertiary/aromatic N) is 2. The Balaban J connectivity index is 2.15. The molecule has 0 radical (unpaired) electrons. The predicted octanol–water partition coefficient (Wildman–Crippen LogP) is 4.07. The van der Waals surface area contributed by atoms with Crippen LogP contribution in [0.4, 0.5) is 0 Å². The molecule has 0 saturated carbocycles. The zero-order chi connectivity index (χ0) is 12.4. The molecule has 0 aliphatic heterocycles. The van der Waals surface area contributed by atoms with Crippen LogP contribution in [0.1, 0.15) is 18.9 Å². The zero-order valence-corrected chi connectivity index (χ0v) is 12.5. The highest BCUT2D eigenvalue weighted by molar-refractivity contribution is 7.21. The van der Waals surface area contributed by atoms with Gasteiger partial charge in [-0.3, -0.25) is 0 Å². The molecule has 0 spiro atoms. The first kappa shape index (κ1) is 13.2. The van der Waals surface area contributed by atoms with Crippen molar-refractivity contribution in [1.29, 1.82) is 0 Å². The number of rotatable bonds is 4. The molecule has 1 N–H and O–H groups in total. The lowest BCUT2D eigenvalue weighted by molar-refractivity contribution is 0.585. The largest absolute Gasteiger partial charge is 0.308 e. The van der Waals surface area contributed by atoms with E-state index in [4.69, 9.17) is 23.2 Å². The Kier molecular flexibility index (Phi) is 4.38. The van der Waals surface area contributed by atoms with Gasteiger partial charge in [0.1, 0.15) is 14.4 Å². The van der Waals surface area contributed by atoms with Gasteiger partial charge in [0.15, 0.2) is 0 Å². The minimum atomic E-state index is 0.432. The smallest absolute Gasteiger partial charge is 0.150 e. The third-order valence-electron chi connectivity index (χ3n) is 2.02. The Hall–Kier alpha value is -0.200. The van der Waals surface area contributed by atoms with Gasteiger partial charge in [-0.1, -0.05) is 48.4 Å². The number of thiophene rings is 1. The second-order valence-corrected chi connectivity index (χ2v) is 7.12. The molecule has 0 unspecified atom stereocenters. The lowest BCUT2D eigenvalue weighted by Gasteiger charge is -2.03. The fraction of sp³-hybridized carbons (Fsp3) is 0.400. The monoisotopic (exact) mass is 307 g/mol. The van der Waals surface area contributed by atoms with Gasteiger partial charge in [-0.25, -0.2) is 0 Å². The van der Waals surface area contributed by atoms with Gasteiger partial charge in [-0.05, 0) is 6.07 Å². The maximum Gasteiger partial charge on any atom is 0.150 e. The summed E-state index contributed by atoms with van der Waals surface area (Å²) in [5, 5.41) is 13.3. The summed E-state index contributed by atoms with van der Waals surface area (Å²) in [6.07, 6.45) is 0. The van der Waals surface area contributed by atoms with Crippen LogP contribution >= 0.6 is 45.9 Å². The summed E-state index contributed by atoms with van der Waals surface area (Å²) >= 11 is 14.9. The molecule has 2 heterocycles. The molecule has 0 fully saturated rings. The van der Waals surface area contributed by atoms with E-state index in [9.17, 15) is 0 Å². The molecular weight excluding hydrogens is 297 g/mol. The standard InChI is InChI=1S/C10H11Cl2N3S2/c1-5(2)13-4-8-14-15-10(17-8)6-3-7(11)16-9(6)12/h3,5,13H,4H2,1-2H3. The second-order valence-electron chi connectivity index (χ2n) is 3.77. The normalized spacial score (nSPS) is 11.4. The molecule has 7 heteroatoms. The highest BCUT2D eigenvalue weighted by Crippen LogP contribution is 2.39. The Morgan fingerprint density at radius 3 is 2.65 bits per heavy atom. The summed E-state index contributed by atoms with van der Waals surface area (Å²) in [7, 11) is 0. The molecule has 0 aromatic carbocycles. The fourth-order valence-corrected chi connectivity index (χ4v) is 3.61. The molecule has 0 amide bonds. The van der Waals surface area contributed by atoms with E-state index >= 15 is 0 Å². The highest BCUT2D eigenvalue weighted by Gasteiger charge is 2.13. The molecule has 0 atom stereocenters.